The maximum Gasteiger partial charge on any atom is 0.338 e. The molecule has 2 N–H and O–H groups in total. The highest BCUT2D eigenvalue weighted by Gasteiger charge is 2.28. The molecule has 1 fully saturated rings. The molecule has 1 aliphatic heterocycles. The van der Waals surface area contributed by atoms with Crippen LogP contribution >= 0.6 is 0 Å². The van der Waals surface area contributed by atoms with Crippen molar-refractivity contribution < 1.29 is 14.3 Å². The molecular weight excluding hydrogens is 256 g/mol. The van der Waals surface area contributed by atoms with Gasteiger partial charge in [-0.25, -0.2) is 4.79 Å². The fraction of sp³-hybridized carbons (Fsp3) is 0.467. The highest BCUT2D eigenvalue weighted by Crippen LogP contribution is 2.19. The van der Waals surface area contributed by atoms with Crippen LogP contribution in [0.4, 0.5) is 5.69 Å². The first-order valence-electron chi connectivity index (χ1n) is 6.90. The molecule has 1 heterocycles. The molecule has 1 unspecified atom stereocenters. The van der Waals surface area contributed by atoms with Crippen molar-refractivity contribution in [1.29, 1.82) is 0 Å². The summed E-state index contributed by atoms with van der Waals surface area (Å²) in [6.45, 7) is 5.80. The van der Waals surface area contributed by atoms with Crippen molar-refractivity contribution >= 4 is 17.6 Å². The normalized spacial score (nSPS) is 16.1. The van der Waals surface area contributed by atoms with Crippen molar-refractivity contribution in [2.24, 2.45) is 11.8 Å². The van der Waals surface area contributed by atoms with E-state index in [1.165, 1.54) is 0 Å². The Hall–Kier alpha value is -1.88. The summed E-state index contributed by atoms with van der Waals surface area (Å²) in [5, 5.41) is 6.01. The minimum absolute atomic E-state index is 0.0162. The van der Waals surface area contributed by atoms with Gasteiger partial charge in [0.2, 0.25) is 5.91 Å². The van der Waals surface area contributed by atoms with Crippen LogP contribution in [0, 0.1) is 11.8 Å². The Kier molecular flexibility index (Phi) is 4.74. The molecule has 20 heavy (non-hydrogen) atoms. The fourth-order valence-electron chi connectivity index (χ4n) is 2.07. The third-order valence-electron chi connectivity index (χ3n) is 3.57. The Morgan fingerprint density at radius 1 is 1.45 bits per heavy atom. The molecule has 2 rings (SSSR count). The van der Waals surface area contributed by atoms with E-state index in [2.05, 4.69) is 10.6 Å². The van der Waals surface area contributed by atoms with Gasteiger partial charge in [0.15, 0.2) is 0 Å². The average molecular weight is 276 g/mol. The zero-order chi connectivity index (χ0) is 14.5. The van der Waals surface area contributed by atoms with Gasteiger partial charge in [-0.15, -0.1) is 0 Å². The monoisotopic (exact) mass is 276 g/mol. The van der Waals surface area contributed by atoms with E-state index >= 15 is 0 Å². The third-order valence-corrected chi connectivity index (χ3v) is 3.57. The Morgan fingerprint density at radius 2 is 2.20 bits per heavy atom. The van der Waals surface area contributed by atoms with Gasteiger partial charge in [-0.2, -0.15) is 0 Å². The molecule has 0 aromatic heterocycles. The number of anilines is 1. The second-order valence-corrected chi connectivity index (χ2v) is 5.00. The first kappa shape index (κ1) is 14.5. The maximum atomic E-state index is 12.1. The highest BCUT2D eigenvalue weighted by molar-refractivity contribution is 5.95. The van der Waals surface area contributed by atoms with Crippen LogP contribution in [0.2, 0.25) is 0 Å². The summed E-state index contributed by atoms with van der Waals surface area (Å²) in [6.07, 6.45) is 0. The first-order valence-corrected chi connectivity index (χ1v) is 6.90. The summed E-state index contributed by atoms with van der Waals surface area (Å²) in [6, 6.07) is 6.82. The number of carbonyl (C=O) groups is 2. The SMILES string of the molecule is CCOC(=O)c1cccc(NC(=O)C(C)C2CNC2)c1. The zero-order valence-corrected chi connectivity index (χ0v) is 11.8. The lowest BCUT2D eigenvalue weighted by molar-refractivity contribution is -0.121. The lowest BCUT2D eigenvalue weighted by atomic mass is 9.88. The van der Waals surface area contributed by atoms with Gasteiger partial charge in [0.05, 0.1) is 12.2 Å². The molecule has 1 atom stereocenters. The molecule has 0 spiro atoms. The molecule has 0 saturated carbocycles. The minimum Gasteiger partial charge on any atom is -0.462 e. The Morgan fingerprint density at radius 3 is 2.80 bits per heavy atom. The van der Waals surface area contributed by atoms with Crippen molar-refractivity contribution in [3.63, 3.8) is 0 Å². The van der Waals surface area contributed by atoms with Crippen molar-refractivity contribution in [2.75, 3.05) is 25.0 Å². The fourth-order valence-corrected chi connectivity index (χ4v) is 2.07. The van der Waals surface area contributed by atoms with E-state index in [0.717, 1.165) is 13.1 Å². The Balaban J connectivity index is 2.00. The average Bonchev–Trinajstić information content (AvgIpc) is 2.37. The van der Waals surface area contributed by atoms with Gasteiger partial charge in [-0.3, -0.25) is 4.79 Å². The van der Waals surface area contributed by atoms with E-state index in [9.17, 15) is 9.59 Å². The molecule has 1 aliphatic rings. The summed E-state index contributed by atoms with van der Waals surface area (Å²) in [5.41, 5.74) is 1.07. The van der Waals surface area contributed by atoms with Crippen LogP contribution < -0.4 is 10.6 Å². The number of amides is 1. The number of rotatable bonds is 5. The molecule has 1 aromatic rings. The van der Waals surface area contributed by atoms with Crippen LogP contribution in [0.25, 0.3) is 0 Å². The van der Waals surface area contributed by atoms with Gasteiger partial charge < -0.3 is 15.4 Å². The predicted octanol–water partition coefficient (Wildman–Crippen LogP) is 1.66. The number of nitrogens with one attached hydrogen (secondary N) is 2. The quantitative estimate of drug-likeness (QED) is 0.803. The van der Waals surface area contributed by atoms with E-state index < -0.39 is 0 Å². The molecule has 1 saturated heterocycles. The molecule has 1 amide bonds. The standard InChI is InChI=1S/C15H20N2O3/c1-3-20-15(19)11-5-4-6-13(7-11)17-14(18)10(2)12-8-16-9-12/h4-7,10,12,16H,3,8-9H2,1-2H3,(H,17,18). The Labute approximate surface area is 118 Å². The van der Waals surface area contributed by atoms with Crippen molar-refractivity contribution in [1.82, 2.24) is 5.32 Å². The summed E-state index contributed by atoms with van der Waals surface area (Å²) < 4.78 is 4.94. The molecular formula is C15H20N2O3. The van der Waals surface area contributed by atoms with Gasteiger partial charge in [0.1, 0.15) is 0 Å². The third kappa shape index (κ3) is 3.36. The summed E-state index contributed by atoms with van der Waals surface area (Å²) >= 11 is 0. The van der Waals surface area contributed by atoms with Crippen LogP contribution in [0.1, 0.15) is 24.2 Å². The van der Waals surface area contributed by atoms with E-state index in [1.54, 1.807) is 31.2 Å². The number of hydrogen-bond donors (Lipinski definition) is 2. The first-order chi connectivity index (χ1) is 9.61. The van der Waals surface area contributed by atoms with Gasteiger partial charge >= 0.3 is 5.97 Å². The van der Waals surface area contributed by atoms with Crippen LogP contribution in [-0.2, 0) is 9.53 Å². The number of esters is 1. The summed E-state index contributed by atoms with van der Waals surface area (Å²) in [4.78, 5) is 23.7. The lowest BCUT2D eigenvalue weighted by Gasteiger charge is -2.31. The second-order valence-electron chi connectivity index (χ2n) is 5.00. The maximum absolute atomic E-state index is 12.1. The van der Waals surface area contributed by atoms with Crippen LogP contribution in [0.5, 0.6) is 0 Å². The molecule has 0 radical (unpaired) electrons. The molecule has 0 bridgehead atoms. The molecule has 0 aliphatic carbocycles. The summed E-state index contributed by atoms with van der Waals surface area (Å²) in [5.74, 6) is -0.0388. The highest BCUT2D eigenvalue weighted by atomic mass is 16.5. The van der Waals surface area contributed by atoms with E-state index in [0.29, 0.717) is 23.8 Å². The number of ether oxygens (including phenoxy) is 1. The van der Waals surface area contributed by atoms with Gasteiger partial charge in [-0.1, -0.05) is 13.0 Å². The summed E-state index contributed by atoms with van der Waals surface area (Å²) in [7, 11) is 0. The van der Waals surface area contributed by atoms with Gasteiger partial charge in [0.25, 0.3) is 0 Å². The van der Waals surface area contributed by atoms with Crippen molar-refractivity contribution in [2.45, 2.75) is 13.8 Å². The number of hydrogen-bond acceptors (Lipinski definition) is 4. The van der Waals surface area contributed by atoms with Crippen molar-refractivity contribution in [3.8, 4) is 0 Å². The molecule has 5 nitrogen and oxygen atoms in total. The topological polar surface area (TPSA) is 67.4 Å². The number of benzene rings is 1. The molecule has 5 heteroatoms. The van der Waals surface area contributed by atoms with E-state index in [1.807, 2.05) is 6.92 Å². The van der Waals surface area contributed by atoms with Crippen LogP contribution in [0.15, 0.2) is 24.3 Å². The van der Waals surface area contributed by atoms with Crippen LogP contribution in [0.3, 0.4) is 0 Å². The van der Waals surface area contributed by atoms with E-state index in [-0.39, 0.29) is 17.8 Å². The Bertz CT molecular complexity index is 498. The van der Waals surface area contributed by atoms with Crippen LogP contribution in [-0.4, -0.2) is 31.6 Å². The van der Waals surface area contributed by atoms with Gasteiger partial charge in [0, 0.05) is 11.6 Å². The van der Waals surface area contributed by atoms with E-state index in [4.69, 9.17) is 4.74 Å². The predicted molar refractivity (Wildman–Crippen MR) is 76.6 cm³/mol. The second kappa shape index (κ2) is 6.52. The molecule has 1 aromatic carbocycles. The minimum atomic E-state index is -0.375. The van der Waals surface area contributed by atoms with Gasteiger partial charge in [-0.05, 0) is 44.1 Å². The largest absolute Gasteiger partial charge is 0.462 e. The molecule has 108 valence electrons. The lowest BCUT2D eigenvalue weighted by Crippen LogP contribution is -2.48. The zero-order valence-electron chi connectivity index (χ0n) is 11.8. The smallest absolute Gasteiger partial charge is 0.338 e. The number of carbonyl (C=O) groups excluding carboxylic acids is 2. The van der Waals surface area contributed by atoms with Crippen molar-refractivity contribution in [3.05, 3.63) is 29.8 Å².